The van der Waals surface area contributed by atoms with Crippen LogP contribution < -0.4 is 0 Å². The van der Waals surface area contributed by atoms with E-state index < -0.39 is 8.32 Å². The molecule has 1 atom stereocenters. The number of hydrogen-bond donors (Lipinski definition) is 0. The zero-order valence-corrected chi connectivity index (χ0v) is 10.6. The van der Waals surface area contributed by atoms with E-state index in [0.29, 0.717) is 6.10 Å². The van der Waals surface area contributed by atoms with Crippen molar-refractivity contribution < 1.29 is 4.43 Å². The van der Waals surface area contributed by atoms with Crippen molar-refractivity contribution in [1.29, 1.82) is 0 Å². The highest BCUT2D eigenvalue weighted by Crippen LogP contribution is 2.15. The highest BCUT2D eigenvalue weighted by molar-refractivity contribution is 6.69. The molecule has 1 unspecified atom stereocenters. The lowest BCUT2D eigenvalue weighted by molar-refractivity contribution is 0.183. The monoisotopic (exact) mass is 200 g/mol. The van der Waals surface area contributed by atoms with Crippen molar-refractivity contribution in [3.05, 3.63) is 12.7 Å². The van der Waals surface area contributed by atoms with E-state index in [2.05, 4.69) is 33.1 Å². The van der Waals surface area contributed by atoms with Gasteiger partial charge in [-0.15, -0.1) is 6.58 Å². The van der Waals surface area contributed by atoms with Crippen LogP contribution in [0.3, 0.4) is 0 Å². The third kappa shape index (κ3) is 8.25. The minimum atomic E-state index is -1.36. The molecular weight excluding hydrogens is 176 g/mol. The van der Waals surface area contributed by atoms with Crippen LogP contribution >= 0.6 is 0 Å². The molecule has 0 rings (SSSR count). The van der Waals surface area contributed by atoms with E-state index in [0.717, 1.165) is 6.42 Å². The van der Waals surface area contributed by atoms with Crippen LogP contribution in [-0.2, 0) is 4.43 Å². The van der Waals surface area contributed by atoms with Crippen molar-refractivity contribution in [2.45, 2.75) is 58.4 Å². The van der Waals surface area contributed by atoms with Crippen molar-refractivity contribution in [2.24, 2.45) is 0 Å². The van der Waals surface area contributed by atoms with Crippen molar-refractivity contribution in [2.75, 3.05) is 0 Å². The summed E-state index contributed by atoms with van der Waals surface area (Å²) in [5.41, 5.74) is 0. The Morgan fingerprint density at radius 1 is 1.38 bits per heavy atom. The van der Waals surface area contributed by atoms with Crippen molar-refractivity contribution in [1.82, 2.24) is 0 Å². The van der Waals surface area contributed by atoms with Gasteiger partial charge in [-0.25, -0.2) is 0 Å². The fourth-order valence-electron chi connectivity index (χ4n) is 1.34. The standard InChI is InChI=1S/C11H24OSi/c1-6-8-10-11(9-7-2)12-13(3,4)5/h7,11H,2,6,8-10H2,1,3-5H3. The van der Waals surface area contributed by atoms with Gasteiger partial charge in [0.15, 0.2) is 8.32 Å². The second-order valence-corrected chi connectivity index (χ2v) is 8.98. The van der Waals surface area contributed by atoms with Crippen molar-refractivity contribution in [3.63, 3.8) is 0 Å². The van der Waals surface area contributed by atoms with Crippen LogP contribution in [-0.4, -0.2) is 14.4 Å². The van der Waals surface area contributed by atoms with E-state index in [9.17, 15) is 0 Å². The average Bonchev–Trinajstić information content (AvgIpc) is 1.98. The smallest absolute Gasteiger partial charge is 0.184 e. The van der Waals surface area contributed by atoms with Gasteiger partial charge >= 0.3 is 0 Å². The maximum atomic E-state index is 6.05. The van der Waals surface area contributed by atoms with Crippen molar-refractivity contribution in [3.8, 4) is 0 Å². The number of unbranched alkanes of at least 4 members (excludes halogenated alkanes) is 1. The van der Waals surface area contributed by atoms with Gasteiger partial charge < -0.3 is 4.43 Å². The molecule has 0 N–H and O–H groups in total. The summed E-state index contributed by atoms with van der Waals surface area (Å²) >= 11 is 0. The van der Waals surface area contributed by atoms with E-state index in [1.807, 2.05) is 6.08 Å². The molecule has 0 aliphatic carbocycles. The molecular formula is C11H24OSi. The van der Waals surface area contributed by atoms with Crippen molar-refractivity contribution >= 4 is 8.32 Å². The lowest BCUT2D eigenvalue weighted by Gasteiger charge is -2.25. The zero-order chi connectivity index (χ0) is 10.3. The third-order valence-corrected chi connectivity index (χ3v) is 2.87. The Labute approximate surface area is 84.3 Å². The highest BCUT2D eigenvalue weighted by atomic mass is 28.4. The second-order valence-electron chi connectivity index (χ2n) is 4.52. The van der Waals surface area contributed by atoms with Crippen LogP contribution in [0.4, 0.5) is 0 Å². The first-order valence-corrected chi connectivity index (χ1v) is 8.69. The van der Waals surface area contributed by atoms with E-state index in [-0.39, 0.29) is 0 Å². The minimum absolute atomic E-state index is 0.420. The Morgan fingerprint density at radius 3 is 2.38 bits per heavy atom. The molecule has 0 fully saturated rings. The third-order valence-electron chi connectivity index (χ3n) is 1.83. The molecule has 0 bridgehead atoms. The van der Waals surface area contributed by atoms with Gasteiger partial charge in [0.1, 0.15) is 0 Å². The largest absolute Gasteiger partial charge is 0.414 e. The van der Waals surface area contributed by atoms with Gasteiger partial charge in [-0.1, -0.05) is 25.8 Å². The van der Waals surface area contributed by atoms with Crippen LogP contribution in [0.25, 0.3) is 0 Å². The molecule has 0 radical (unpaired) electrons. The number of hydrogen-bond acceptors (Lipinski definition) is 1. The van der Waals surface area contributed by atoms with E-state index in [1.54, 1.807) is 0 Å². The molecule has 0 saturated carbocycles. The first-order valence-electron chi connectivity index (χ1n) is 5.28. The van der Waals surface area contributed by atoms with Gasteiger partial charge in [0.25, 0.3) is 0 Å². The first kappa shape index (κ1) is 12.9. The summed E-state index contributed by atoms with van der Waals surface area (Å²) in [6, 6.07) is 0. The molecule has 2 heteroatoms. The fraction of sp³-hybridized carbons (Fsp3) is 0.818. The van der Waals surface area contributed by atoms with Gasteiger partial charge in [0.05, 0.1) is 0 Å². The molecule has 78 valence electrons. The molecule has 0 aromatic rings. The minimum Gasteiger partial charge on any atom is -0.414 e. The Balaban J connectivity index is 3.86. The summed E-state index contributed by atoms with van der Waals surface area (Å²) in [5, 5.41) is 0. The average molecular weight is 200 g/mol. The Bertz CT molecular complexity index is 138. The predicted molar refractivity (Wildman–Crippen MR) is 62.6 cm³/mol. The van der Waals surface area contributed by atoms with Crippen LogP contribution in [0.2, 0.25) is 19.6 Å². The molecule has 0 heterocycles. The normalized spacial score (nSPS) is 14.2. The van der Waals surface area contributed by atoms with Crippen LogP contribution in [0.1, 0.15) is 32.6 Å². The summed E-state index contributed by atoms with van der Waals surface area (Å²) < 4.78 is 6.05. The maximum Gasteiger partial charge on any atom is 0.184 e. The zero-order valence-electron chi connectivity index (χ0n) is 9.60. The molecule has 0 spiro atoms. The topological polar surface area (TPSA) is 9.23 Å². The molecule has 0 aromatic heterocycles. The summed E-state index contributed by atoms with van der Waals surface area (Å²) in [4.78, 5) is 0. The molecule has 1 nitrogen and oxygen atoms in total. The van der Waals surface area contributed by atoms with Crippen LogP contribution in [0.5, 0.6) is 0 Å². The second kappa shape index (κ2) is 6.38. The lowest BCUT2D eigenvalue weighted by atomic mass is 10.1. The summed E-state index contributed by atoms with van der Waals surface area (Å²) in [6.45, 7) is 12.7. The Kier molecular flexibility index (Phi) is 6.34. The first-order chi connectivity index (χ1) is 5.99. The predicted octanol–water partition coefficient (Wildman–Crippen LogP) is 3.97. The summed E-state index contributed by atoms with van der Waals surface area (Å²) in [7, 11) is -1.36. The SMILES string of the molecule is C=CCC(CCCC)O[Si](C)(C)C. The van der Waals surface area contributed by atoms with Gasteiger partial charge in [0.2, 0.25) is 0 Å². The summed E-state index contributed by atoms with van der Waals surface area (Å²) in [5.74, 6) is 0. The quantitative estimate of drug-likeness (QED) is 0.446. The van der Waals surface area contributed by atoms with Gasteiger partial charge in [-0.3, -0.25) is 0 Å². The molecule has 0 aromatic carbocycles. The van der Waals surface area contributed by atoms with Gasteiger partial charge in [-0.2, -0.15) is 0 Å². The molecule has 0 aliphatic heterocycles. The Morgan fingerprint density at radius 2 is 2.00 bits per heavy atom. The molecule has 0 aliphatic rings. The molecule has 0 saturated heterocycles. The maximum absolute atomic E-state index is 6.05. The summed E-state index contributed by atoms with van der Waals surface area (Å²) in [6.07, 6.45) is 7.10. The number of rotatable bonds is 7. The van der Waals surface area contributed by atoms with Crippen LogP contribution in [0.15, 0.2) is 12.7 Å². The lowest BCUT2D eigenvalue weighted by Crippen LogP contribution is -2.31. The van der Waals surface area contributed by atoms with E-state index >= 15 is 0 Å². The fourth-order valence-corrected chi connectivity index (χ4v) is 2.56. The van der Waals surface area contributed by atoms with E-state index in [1.165, 1.54) is 19.3 Å². The highest BCUT2D eigenvalue weighted by Gasteiger charge is 2.19. The Hall–Kier alpha value is -0.0831. The van der Waals surface area contributed by atoms with Gasteiger partial charge in [0, 0.05) is 6.10 Å². The van der Waals surface area contributed by atoms with Gasteiger partial charge in [-0.05, 0) is 32.5 Å². The van der Waals surface area contributed by atoms with E-state index in [4.69, 9.17) is 4.43 Å². The molecule has 0 amide bonds. The molecule has 13 heavy (non-hydrogen) atoms. The van der Waals surface area contributed by atoms with Crippen LogP contribution in [0, 0.1) is 0 Å².